The largest absolute Gasteiger partial charge is 0.198 e. The summed E-state index contributed by atoms with van der Waals surface area (Å²) in [6.07, 6.45) is 7.90. The third kappa shape index (κ3) is 6.75. The highest BCUT2D eigenvalue weighted by molar-refractivity contribution is 5.23. The van der Waals surface area contributed by atoms with Crippen LogP contribution >= 0.6 is 0 Å². The third-order valence-electron chi connectivity index (χ3n) is 3.79. The van der Waals surface area contributed by atoms with Crippen LogP contribution in [0.4, 0.5) is 0 Å². The van der Waals surface area contributed by atoms with Gasteiger partial charge < -0.3 is 0 Å². The van der Waals surface area contributed by atoms with Crippen LogP contribution in [-0.4, -0.2) is 0 Å². The zero-order chi connectivity index (χ0) is 16.7. The van der Waals surface area contributed by atoms with E-state index < -0.39 is 11.3 Å². The van der Waals surface area contributed by atoms with Crippen molar-refractivity contribution in [1.29, 1.82) is 26.3 Å². The summed E-state index contributed by atoms with van der Waals surface area (Å²) in [5.74, 6) is -0.710. The molecule has 1 atom stereocenters. The average Bonchev–Trinajstić information content (AvgIpc) is 2.55. The summed E-state index contributed by atoms with van der Waals surface area (Å²) >= 11 is 0. The van der Waals surface area contributed by atoms with Gasteiger partial charge in [0.2, 0.25) is 0 Å². The second-order valence-corrected chi connectivity index (χ2v) is 5.38. The van der Waals surface area contributed by atoms with E-state index in [2.05, 4.69) is 6.07 Å². The van der Waals surface area contributed by atoms with Gasteiger partial charge in [-0.25, -0.2) is 0 Å². The second kappa shape index (κ2) is 12.2. The maximum atomic E-state index is 9.19. The van der Waals surface area contributed by atoms with Gasteiger partial charge in [0.25, 0.3) is 0 Å². The van der Waals surface area contributed by atoms with E-state index in [1.54, 1.807) is 0 Å². The third-order valence-corrected chi connectivity index (χ3v) is 3.79. The molecule has 1 unspecified atom stereocenters. The first-order chi connectivity index (χ1) is 10.7. The van der Waals surface area contributed by atoms with Crippen LogP contribution in [0.5, 0.6) is 0 Å². The van der Waals surface area contributed by atoms with E-state index in [0.717, 1.165) is 44.9 Å². The van der Waals surface area contributed by atoms with Gasteiger partial charge in [0.05, 0.1) is 42.7 Å². The van der Waals surface area contributed by atoms with E-state index >= 15 is 0 Å². The molecule has 0 aromatic rings. The maximum Gasteiger partial charge on any atom is 0.172 e. The Kier molecular flexibility index (Phi) is 10.8. The first-order valence-corrected chi connectivity index (χ1v) is 7.66. The lowest BCUT2D eigenvalue weighted by Crippen LogP contribution is -2.26. The van der Waals surface area contributed by atoms with E-state index in [-0.39, 0.29) is 6.42 Å². The summed E-state index contributed by atoms with van der Waals surface area (Å²) in [7, 11) is 0. The van der Waals surface area contributed by atoms with Crippen LogP contribution in [0.2, 0.25) is 0 Å². The van der Waals surface area contributed by atoms with Crippen molar-refractivity contribution in [3.8, 4) is 30.3 Å². The van der Waals surface area contributed by atoms with Crippen molar-refractivity contribution in [2.45, 2.75) is 64.2 Å². The molecule has 0 saturated carbocycles. The van der Waals surface area contributed by atoms with Gasteiger partial charge in [-0.1, -0.05) is 38.5 Å². The maximum absolute atomic E-state index is 9.19. The quantitative estimate of drug-likeness (QED) is 0.531. The first kappa shape index (κ1) is 19.4. The lowest BCUT2D eigenvalue weighted by atomic mass is 9.74. The normalized spacial score (nSPS) is 11.2. The lowest BCUT2D eigenvalue weighted by Gasteiger charge is -2.20. The van der Waals surface area contributed by atoms with Gasteiger partial charge in [0, 0.05) is 6.42 Å². The summed E-state index contributed by atoms with van der Waals surface area (Å²) in [6.45, 7) is 0. The molecular weight excluding hydrogens is 274 g/mol. The molecule has 5 heteroatoms. The summed E-state index contributed by atoms with van der Waals surface area (Å²) in [6, 6.07) is 9.73. The Morgan fingerprint density at radius 2 is 1.23 bits per heavy atom. The molecule has 0 aromatic carbocycles. The molecule has 0 aliphatic carbocycles. The molecule has 0 fully saturated rings. The van der Waals surface area contributed by atoms with Crippen molar-refractivity contribution >= 4 is 0 Å². The van der Waals surface area contributed by atoms with Crippen LogP contribution in [0, 0.1) is 68.0 Å². The zero-order valence-corrected chi connectivity index (χ0v) is 12.9. The summed E-state index contributed by atoms with van der Waals surface area (Å²) in [5, 5.41) is 44.7. The Morgan fingerprint density at radius 3 is 1.68 bits per heavy atom. The van der Waals surface area contributed by atoms with Crippen molar-refractivity contribution in [2.24, 2.45) is 11.3 Å². The average molecular weight is 295 g/mol. The van der Waals surface area contributed by atoms with Crippen molar-refractivity contribution in [2.75, 3.05) is 0 Å². The minimum Gasteiger partial charge on any atom is -0.198 e. The topological polar surface area (TPSA) is 119 Å². The molecule has 0 radical (unpaired) electrons. The number of rotatable bonds is 11. The smallest absolute Gasteiger partial charge is 0.172 e. The van der Waals surface area contributed by atoms with E-state index in [9.17, 15) is 5.26 Å². The summed E-state index contributed by atoms with van der Waals surface area (Å²) in [5.41, 5.74) is -1.50. The van der Waals surface area contributed by atoms with Crippen LogP contribution < -0.4 is 0 Å². The van der Waals surface area contributed by atoms with Crippen LogP contribution in [0.1, 0.15) is 64.2 Å². The van der Waals surface area contributed by atoms with Crippen LogP contribution in [0.3, 0.4) is 0 Å². The Morgan fingerprint density at radius 1 is 0.682 bits per heavy atom. The molecule has 0 rings (SSSR count). The van der Waals surface area contributed by atoms with Crippen molar-refractivity contribution in [3.05, 3.63) is 0 Å². The molecule has 0 spiro atoms. The molecule has 0 aliphatic heterocycles. The van der Waals surface area contributed by atoms with Crippen LogP contribution in [-0.2, 0) is 0 Å². The molecule has 5 nitrogen and oxygen atoms in total. The lowest BCUT2D eigenvalue weighted by molar-refractivity contribution is 0.360. The minimum absolute atomic E-state index is 0.225. The Bertz CT molecular complexity index is 504. The molecule has 0 amide bonds. The highest BCUT2D eigenvalue weighted by Gasteiger charge is 2.39. The molecule has 22 heavy (non-hydrogen) atoms. The van der Waals surface area contributed by atoms with Gasteiger partial charge in [-0.2, -0.15) is 26.3 Å². The molecule has 0 aliphatic rings. The molecule has 0 heterocycles. The van der Waals surface area contributed by atoms with Crippen molar-refractivity contribution < 1.29 is 0 Å². The number of nitrogens with zero attached hydrogens (tertiary/aromatic N) is 5. The monoisotopic (exact) mass is 295 g/mol. The highest BCUT2D eigenvalue weighted by atomic mass is 14.5. The van der Waals surface area contributed by atoms with Gasteiger partial charge >= 0.3 is 0 Å². The first-order valence-electron chi connectivity index (χ1n) is 7.66. The summed E-state index contributed by atoms with van der Waals surface area (Å²) < 4.78 is 0. The van der Waals surface area contributed by atoms with E-state index in [4.69, 9.17) is 21.0 Å². The Hall–Kier alpha value is -2.55. The van der Waals surface area contributed by atoms with Crippen LogP contribution in [0.25, 0.3) is 0 Å². The fourth-order valence-corrected chi connectivity index (χ4v) is 2.37. The van der Waals surface area contributed by atoms with Gasteiger partial charge in [-0.15, -0.1) is 0 Å². The molecule has 0 saturated heterocycles. The van der Waals surface area contributed by atoms with E-state index in [1.165, 1.54) is 0 Å². The van der Waals surface area contributed by atoms with Crippen molar-refractivity contribution in [1.82, 2.24) is 0 Å². The standard InChI is InChI=1S/C17H21N5/c18-11-8-6-4-2-1-3-5-7-9-16(13-20)17(14-21,15-22)10-12-19/h16H,1-10H2. The Balaban J connectivity index is 4.06. The number of hydrogen-bond acceptors (Lipinski definition) is 5. The molecule has 0 aromatic heterocycles. The molecular formula is C17H21N5. The van der Waals surface area contributed by atoms with Gasteiger partial charge in [0.15, 0.2) is 5.41 Å². The van der Waals surface area contributed by atoms with E-state index in [1.807, 2.05) is 24.3 Å². The summed E-state index contributed by atoms with van der Waals surface area (Å²) in [4.78, 5) is 0. The molecule has 0 bridgehead atoms. The fourth-order valence-electron chi connectivity index (χ4n) is 2.37. The van der Waals surface area contributed by atoms with Gasteiger partial charge in [0.1, 0.15) is 0 Å². The van der Waals surface area contributed by atoms with Crippen molar-refractivity contribution in [3.63, 3.8) is 0 Å². The minimum atomic E-state index is -1.50. The fraction of sp³-hybridized carbons (Fsp3) is 0.706. The van der Waals surface area contributed by atoms with Crippen LogP contribution in [0.15, 0.2) is 0 Å². The second-order valence-electron chi connectivity index (χ2n) is 5.38. The number of nitriles is 5. The zero-order valence-electron chi connectivity index (χ0n) is 12.9. The van der Waals surface area contributed by atoms with Gasteiger partial charge in [-0.3, -0.25) is 0 Å². The SMILES string of the molecule is N#CCCCCCCCCCC(C#N)C(C#N)(C#N)CC#N. The predicted molar refractivity (Wildman–Crippen MR) is 80.2 cm³/mol. The Labute approximate surface area is 133 Å². The number of hydrogen-bond donors (Lipinski definition) is 0. The predicted octanol–water partition coefficient (Wildman–Crippen LogP) is 4.11. The number of unbranched alkanes of at least 4 members (excludes halogenated alkanes) is 7. The van der Waals surface area contributed by atoms with E-state index in [0.29, 0.717) is 12.8 Å². The molecule has 0 N–H and O–H groups in total. The molecule has 114 valence electrons. The van der Waals surface area contributed by atoms with Gasteiger partial charge in [-0.05, 0) is 12.8 Å². The highest BCUT2D eigenvalue weighted by Crippen LogP contribution is 2.33.